The zero-order chi connectivity index (χ0) is 17.0. The molecule has 0 spiro atoms. The van der Waals surface area contributed by atoms with E-state index in [1.54, 1.807) is 25.1 Å². The van der Waals surface area contributed by atoms with Gasteiger partial charge in [0.05, 0.1) is 28.3 Å². The van der Waals surface area contributed by atoms with E-state index in [0.29, 0.717) is 16.3 Å². The van der Waals surface area contributed by atoms with Gasteiger partial charge < -0.3 is 20.1 Å². The highest BCUT2D eigenvalue weighted by Crippen LogP contribution is 2.35. The molecule has 0 saturated carbocycles. The summed E-state index contributed by atoms with van der Waals surface area (Å²) in [5.41, 5.74) is 1.19. The normalized spacial score (nSPS) is 17.6. The maximum Gasteiger partial charge on any atom is 0.338 e. The molecular weight excluding hydrogens is 343 g/mol. The van der Waals surface area contributed by atoms with Gasteiger partial charge in [0.25, 0.3) is 0 Å². The summed E-state index contributed by atoms with van der Waals surface area (Å²) in [7, 11) is 1.51. The number of esters is 1. The fourth-order valence-corrected chi connectivity index (χ4v) is 2.65. The Bertz CT molecular complexity index is 661. The van der Waals surface area contributed by atoms with Crippen molar-refractivity contribution < 1.29 is 19.1 Å². The second-order valence-electron chi connectivity index (χ2n) is 4.84. The predicted octanol–water partition coefficient (Wildman–Crippen LogP) is 2.81. The van der Waals surface area contributed by atoms with Crippen LogP contribution in [0.5, 0.6) is 0 Å². The number of nitrogens with one attached hydrogen (secondary N) is 2. The van der Waals surface area contributed by atoms with E-state index in [1.165, 1.54) is 7.11 Å². The first-order valence-electron chi connectivity index (χ1n) is 6.84. The zero-order valence-electron chi connectivity index (χ0n) is 12.6. The number of allylic oxidation sites excluding steroid dienone is 1. The second kappa shape index (κ2) is 7.68. The predicted molar refractivity (Wildman–Crippen MR) is 86.4 cm³/mol. The number of hydrogen-bond acceptors (Lipinski definition) is 4. The van der Waals surface area contributed by atoms with Gasteiger partial charge in [0.15, 0.2) is 0 Å². The summed E-state index contributed by atoms with van der Waals surface area (Å²) in [5, 5.41) is 5.83. The molecule has 8 heteroatoms. The van der Waals surface area contributed by atoms with Crippen molar-refractivity contribution in [1.82, 2.24) is 10.6 Å². The molecule has 0 bridgehead atoms. The Balaban J connectivity index is 2.38. The monoisotopic (exact) mass is 358 g/mol. The van der Waals surface area contributed by atoms with Crippen LogP contribution in [-0.2, 0) is 14.3 Å². The van der Waals surface area contributed by atoms with E-state index in [9.17, 15) is 9.59 Å². The third-order valence-corrected chi connectivity index (χ3v) is 4.14. The van der Waals surface area contributed by atoms with Gasteiger partial charge in [0.2, 0.25) is 0 Å². The first-order chi connectivity index (χ1) is 11.0. The van der Waals surface area contributed by atoms with Gasteiger partial charge >= 0.3 is 12.0 Å². The lowest BCUT2D eigenvalue weighted by Crippen LogP contribution is -2.45. The number of halogens is 2. The third-order valence-electron chi connectivity index (χ3n) is 3.30. The van der Waals surface area contributed by atoms with E-state index in [2.05, 4.69) is 10.6 Å². The van der Waals surface area contributed by atoms with Crippen molar-refractivity contribution in [2.75, 3.05) is 20.3 Å². The van der Waals surface area contributed by atoms with E-state index in [4.69, 9.17) is 32.7 Å². The van der Waals surface area contributed by atoms with Crippen LogP contribution in [0.15, 0.2) is 29.5 Å². The Hall–Kier alpha value is -1.76. The molecule has 0 fully saturated rings. The molecule has 1 heterocycles. The van der Waals surface area contributed by atoms with Gasteiger partial charge in [-0.05, 0) is 18.6 Å². The minimum Gasteiger partial charge on any atom is -0.460 e. The van der Waals surface area contributed by atoms with Crippen LogP contribution in [0.1, 0.15) is 18.5 Å². The van der Waals surface area contributed by atoms with Gasteiger partial charge in [-0.1, -0.05) is 35.3 Å². The molecule has 1 atom stereocenters. The number of amides is 2. The molecular formula is C15H16Cl2N2O4. The molecule has 0 saturated heterocycles. The SMILES string of the molecule is COCCOC(=O)C1=C(C)NC(=O)NC1c1cccc(Cl)c1Cl. The molecule has 2 amide bonds. The van der Waals surface area contributed by atoms with E-state index in [0.717, 1.165) is 0 Å². The quantitative estimate of drug-likeness (QED) is 0.626. The van der Waals surface area contributed by atoms with Crippen LogP contribution in [0.25, 0.3) is 0 Å². The molecule has 0 radical (unpaired) electrons. The number of urea groups is 1. The number of methoxy groups -OCH3 is 1. The standard InChI is InChI=1S/C15H16Cl2N2O4/c1-8-11(14(20)23-7-6-22-2)13(19-15(21)18-8)9-4-3-5-10(16)12(9)17/h3-5,13H,6-7H2,1-2H3,(H2,18,19,21). The number of carbonyl (C=O) groups is 2. The highest BCUT2D eigenvalue weighted by molar-refractivity contribution is 6.42. The van der Waals surface area contributed by atoms with Crippen LogP contribution >= 0.6 is 23.2 Å². The minimum atomic E-state index is -0.745. The average Bonchev–Trinajstić information content (AvgIpc) is 2.49. The molecule has 2 N–H and O–H groups in total. The maximum atomic E-state index is 12.4. The Morgan fingerprint density at radius 3 is 2.74 bits per heavy atom. The Kier molecular flexibility index (Phi) is 5.87. The molecule has 1 aliphatic rings. The highest BCUT2D eigenvalue weighted by Gasteiger charge is 2.33. The Morgan fingerprint density at radius 1 is 1.30 bits per heavy atom. The summed E-state index contributed by atoms with van der Waals surface area (Å²) in [4.78, 5) is 24.1. The van der Waals surface area contributed by atoms with Crippen molar-refractivity contribution >= 4 is 35.2 Å². The zero-order valence-corrected chi connectivity index (χ0v) is 14.1. The third kappa shape index (κ3) is 3.96. The smallest absolute Gasteiger partial charge is 0.338 e. The van der Waals surface area contributed by atoms with Crippen LogP contribution in [-0.4, -0.2) is 32.3 Å². The fraction of sp³-hybridized carbons (Fsp3) is 0.333. The lowest BCUT2D eigenvalue weighted by molar-refractivity contribution is -0.140. The Morgan fingerprint density at radius 2 is 2.04 bits per heavy atom. The van der Waals surface area contributed by atoms with E-state index >= 15 is 0 Å². The van der Waals surface area contributed by atoms with Crippen molar-refractivity contribution in [3.05, 3.63) is 45.1 Å². The first kappa shape index (κ1) is 17.6. The van der Waals surface area contributed by atoms with E-state index in [-0.39, 0.29) is 23.8 Å². The second-order valence-corrected chi connectivity index (χ2v) is 5.63. The summed E-state index contributed by atoms with van der Waals surface area (Å²) in [6.45, 7) is 2.01. The maximum absolute atomic E-state index is 12.4. The summed E-state index contributed by atoms with van der Waals surface area (Å²) >= 11 is 12.2. The number of benzene rings is 1. The van der Waals surface area contributed by atoms with Gasteiger partial charge in [0, 0.05) is 12.8 Å². The van der Waals surface area contributed by atoms with Crippen molar-refractivity contribution in [3.63, 3.8) is 0 Å². The van der Waals surface area contributed by atoms with Gasteiger partial charge in [-0.15, -0.1) is 0 Å². The highest BCUT2D eigenvalue weighted by atomic mass is 35.5. The van der Waals surface area contributed by atoms with Crippen molar-refractivity contribution in [2.45, 2.75) is 13.0 Å². The Labute approximate surface area is 143 Å². The summed E-state index contributed by atoms with van der Waals surface area (Å²) in [6, 6.07) is 3.84. The van der Waals surface area contributed by atoms with Gasteiger partial charge in [-0.2, -0.15) is 0 Å². The van der Waals surface area contributed by atoms with Crippen molar-refractivity contribution in [1.29, 1.82) is 0 Å². The number of ether oxygens (including phenoxy) is 2. The molecule has 23 heavy (non-hydrogen) atoms. The van der Waals surface area contributed by atoms with Crippen LogP contribution in [0.3, 0.4) is 0 Å². The topological polar surface area (TPSA) is 76.7 Å². The van der Waals surface area contributed by atoms with Crippen LogP contribution in [0.2, 0.25) is 10.0 Å². The lowest BCUT2D eigenvalue weighted by atomic mass is 9.95. The average molecular weight is 359 g/mol. The molecule has 6 nitrogen and oxygen atoms in total. The van der Waals surface area contributed by atoms with Gasteiger partial charge in [-0.25, -0.2) is 9.59 Å². The summed E-state index contributed by atoms with van der Waals surface area (Å²) in [6.07, 6.45) is 0. The number of hydrogen-bond donors (Lipinski definition) is 2. The molecule has 2 rings (SSSR count). The minimum absolute atomic E-state index is 0.107. The van der Waals surface area contributed by atoms with Crippen molar-refractivity contribution in [3.8, 4) is 0 Å². The lowest BCUT2D eigenvalue weighted by Gasteiger charge is -2.28. The molecule has 0 aliphatic carbocycles. The van der Waals surface area contributed by atoms with Crippen LogP contribution in [0.4, 0.5) is 4.79 Å². The molecule has 1 aromatic rings. The fourth-order valence-electron chi connectivity index (χ4n) is 2.24. The molecule has 1 unspecified atom stereocenters. The largest absolute Gasteiger partial charge is 0.460 e. The summed E-state index contributed by atoms with van der Waals surface area (Å²) < 4.78 is 10.0. The van der Waals surface area contributed by atoms with Crippen LogP contribution < -0.4 is 10.6 Å². The van der Waals surface area contributed by atoms with Crippen LogP contribution in [0, 0.1) is 0 Å². The number of carbonyl (C=O) groups excluding carboxylic acids is 2. The van der Waals surface area contributed by atoms with Gasteiger partial charge in [-0.3, -0.25) is 0 Å². The molecule has 124 valence electrons. The van der Waals surface area contributed by atoms with E-state index in [1.807, 2.05) is 0 Å². The molecule has 1 aliphatic heterocycles. The molecule has 0 aromatic heterocycles. The van der Waals surface area contributed by atoms with Crippen molar-refractivity contribution in [2.24, 2.45) is 0 Å². The summed E-state index contributed by atoms with van der Waals surface area (Å²) in [5.74, 6) is -0.562. The molecule has 1 aromatic carbocycles. The van der Waals surface area contributed by atoms with Gasteiger partial charge in [0.1, 0.15) is 6.61 Å². The first-order valence-corrected chi connectivity index (χ1v) is 7.59. The number of rotatable bonds is 5. The van der Waals surface area contributed by atoms with E-state index < -0.39 is 18.0 Å².